The first-order chi connectivity index (χ1) is 57.4. The van der Waals surface area contributed by atoms with Crippen molar-refractivity contribution in [3.8, 4) is 85.8 Å². The van der Waals surface area contributed by atoms with Gasteiger partial charge in [-0.1, -0.05) is 90.6 Å². The van der Waals surface area contributed by atoms with Crippen molar-refractivity contribution >= 4 is 17.1 Å². The van der Waals surface area contributed by atoms with Crippen LogP contribution in [0.15, 0.2) is 122 Å². The fourth-order valence-corrected chi connectivity index (χ4v) is 8.63. The molecule has 0 spiro atoms. The Hall–Kier alpha value is -9.51. The van der Waals surface area contributed by atoms with Gasteiger partial charge < -0.3 is 43.7 Å². The zero-order valence-corrected chi connectivity index (χ0v) is 49.7. The maximum absolute atomic E-state index is 8.97. The standard InChI is InChI=1S/3C24H26N4O2/c3*1-5-13-26-20-11-10-17-18(20)7-6-8-19(17)23-27-24(30-28-23)16-9-12-22(29-15(2)3)21(14-16)25-4/h3*6-9,12,14-15,20,26H,5,10-11,13H2,1-3H3/t3*20-/m000/s1/i5D2,6D,7D,8D,9D,11D2,12D,13D2,14D,20D;6D,7D,8D,9D,11D2,12D,13D2,14D,20D;5D2,6D,7D,8D,9D,11D2,12D,14D,20D. The molecule has 18 nitrogen and oxygen atoms in total. The van der Waals surface area contributed by atoms with E-state index < -0.39 is 245 Å². The number of hydrogen-bond acceptors (Lipinski definition) is 15. The molecule has 12 rings (SSSR count). The van der Waals surface area contributed by atoms with E-state index in [0.717, 1.165) is 6.92 Å². The molecule has 3 aliphatic carbocycles. The Balaban J connectivity index is 0.000000196. The Bertz CT molecular complexity index is 6010. The highest BCUT2D eigenvalue weighted by Gasteiger charge is 2.30. The van der Waals surface area contributed by atoms with Gasteiger partial charge >= 0.3 is 0 Å². The minimum absolute atomic E-state index is 0.00610. The van der Waals surface area contributed by atoms with Gasteiger partial charge in [0.05, 0.1) is 62.7 Å². The minimum Gasteiger partial charge on any atom is -0.502 e. The first-order valence-corrected chi connectivity index (χ1v) is 27.7. The summed E-state index contributed by atoms with van der Waals surface area (Å²) in [7, 11) is 0. The summed E-state index contributed by atoms with van der Waals surface area (Å²) in [5.41, 5.74) is -4.17. The molecule has 0 bridgehead atoms. The molecule has 0 unspecified atom stereocenters. The van der Waals surface area contributed by atoms with Crippen LogP contribution in [0.5, 0.6) is 17.2 Å². The van der Waals surface area contributed by atoms with Gasteiger partial charge in [-0.05, 0) is 206 Å². The third-order valence-electron chi connectivity index (χ3n) is 12.4. The van der Waals surface area contributed by atoms with Crippen LogP contribution in [-0.4, -0.2) is 68.3 Å². The van der Waals surface area contributed by atoms with E-state index in [4.69, 9.17) is 95.5 Å². The van der Waals surface area contributed by atoms with Crippen molar-refractivity contribution in [1.82, 2.24) is 46.4 Å². The van der Waals surface area contributed by atoms with Crippen LogP contribution in [0.2, 0.25) is 0 Å². The zero-order chi connectivity index (χ0) is 94.2. The van der Waals surface area contributed by atoms with Crippen LogP contribution in [0, 0.1) is 19.7 Å². The summed E-state index contributed by atoms with van der Waals surface area (Å²) in [5, 5.41) is 18.5. The maximum atomic E-state index is 8.97. The van der Waals surface area contributed by atoms with E-state index in [1.807, 2.05) is 0 Å². The van der Waals surface area contributed by atoms with Crippen LogP contribution in [0.4, 0.5) is 17.1 Å². The predicted molar refractivity (Wildman–Crippen MR) is 350 cm³/mol. The molecule has 3 aromatic heterocycles. The third kappa shape index (κ3) is 14.6. The van der Waals surface area contributed by atoms with E-state index in [1.165, 1.54) is 13.8 Å². The van der Waals surface area contributed by atoms with Gasteiger partial charge in [0.1, 0.15) is 17.2 Å². The second-order valence-corrected chi connectivity index (χ2v) is 19.7. The van der Waals surface area contributed by atoms with Gasteiger partial charge in [-0.25, -0.2) is 14.5 Å². The van der Waals surface area contributed by atoms with Crippen molar-refractivity contribution < 1.29 is 75.8 Å². The molecular weight excluding hydrogens is 1130 g/mol. The van der Waals surface area contributed by atoms with Gasteiger partial charge in [0.2, 0.25) is 34.5 Å². The second-order valence-electron chi connectivity index (χ2n) is 19.7. The molecule has 9 aromatic rings. The van der Waals surface area contributed by atoms with E-state index in [0.29, 0.717) is 0 Å². The molecule has 0 amide bonds. The summed E-state index contributed by atoms with van der Waals surface area (Å²) in [6.45, 7) is 30.5. The smallest absolute Gasteiger partial charge is 0.256 e. The normalized spacial score (nSPS) is 25.6. The Labute approximate surface area is 576 Å². The molecule has 90 heavy (non-hydrogen) atoms. The van der Waals surface area contributed by atoms with Crippen molar-refractivity contribution in [1.29, 1.82) is 0 Å². The van der Waals surface area contributed by atoms with Gasteiger partial charge in [0.15, 0.2) is 0 Å². The van der Waals surface area contributed by atoms with Crippen LogP contribution in [-0.2, 0) is 19.3 Å². The molecule has 3 atom stereocenters. The molecule has 3 N–H and O–H groups in total. The lowest BCUT2D eigenvalue weighted by molar-refractivity contribution is 0.244. The Morgan fingerprint density at radius 2 is 0.856 bits per heavy atom. The lowest BCUT2D eigenvalue weighted by atomic mass is 10.0. The van der Waals surface area contributed by atoms with Crippen LogP contribution in [0.3, 0.4) is 0 Å². The summed E-state index contributed by atoms with van der Waals surface area (Å²) < 4.78 is 327. The number of nitrogens with zero attached hydrogens (tertiary/aromatic N) is 9. The zero-order valence-electron chi connectivity index (χ0n) is 84.7. The monoisotopic (exact) mass is 1240 g/mol. The first-order valence-electron chi connectivity index (χ1n) is 45.2. The number of fused-ring (bicyclic) bond motifs is 3. The highest BCUT2D eigenvalue weighted by atomic mass is 16.5. The van der Waals surface area contributed by atoms with E-state index >= 15 is 0 Å². The lowest BCUT2D eigenvalue weighted by Gasteiger charge is -2.13. The second kappa shape index (κ2) is 29.7. The highest BCUT2D eigenvalue weighted by Crippen LogP contribution is 2.42. The summed E-state index contributed by atoms with van der Waals surface area (Å²) in [4.78, 5) is 22.4. The van der Waals surface area contributed by atoms with Crippen LogP contribution in [0.1, 0.15) is 200 Å². The molecule has 0 saturated heterocycles. The molecule has 6 aromatic carbocycles. The van der Waals surface area contributed by atoms with Gasteiger partial charge in [-0.2, -0.15) is 15.0 Å². The van der Waals surface area contributed by atoms with Crippen LogP contribution in [0.25, 0.3) is 83.1 Å². The van der Waals surface area contributed by atoms with E-state index in [1.54, 1.807) is 41.5 Å². The van der Waals surface area contributed by atoms with Crippen LogP contribution >= 0.6 is 0 Å². The molecule has 0 radical (unpaired) electrons. The Morgan fingerprint density at radius 1 is 0.511 bits per heavy atom. The molecular formula is C72H78N12O6. The van der Waals surface area contributed by atoms with Gasteiger partial charge in [0, 0.05) is 74.7 Å². The van der Waals surface area contributed by atoms with Crippen molar-refractivity contribution in [2.75, 3.05) is 19.5 Å². The average Bonchev–Trinajstić information content (AvgIpc) is 1.51. The SMILES string of the molecule is [2H]c1c([2H])c(-c2noc(-c3c([2H])c([2H])c(OC(C)C)c([N+]#[C-])c3[2H])n2)c2c(c1[2H])[C@@]([2H])(NC([2H])([2H])C([2H])([2H])C)C([2H])([2H])C2.[2H]c1c([2H])c(-c2noc(-c3c([2H])c([2H])c(OC(C)C)c([N+]#[C-])c3[2H])n2)c2c(c1[2H])[C@@]([2H])(NC([2H])([2H])CC)C([2H])([2H])C2.[2H]c1c([2H])c(-c2noc(-c3c([2H])c([2H])c(OC(C)C)c([N+]#[C-])c3[2H])n2)c2c(c1[2H])[C@@]([2H])(NCC([2H])([2H])C)C([2H])([2H])C2. The molecule has 3 heterocycles. The van der Waals surface area contributed by atoms with Crippen molar-refractivity contribution in [2.24, 2.45) is 0 Å². The van der Waals surface area contributed by atoms with Gasteiger partial charge in [-0.3, -0.25) is 0 Å². The summed E-state index contributed by atoms with van der Waals surface area (Å²) in [5.74, 6) is -3.24. The molecule has 0 saturated carbocycles. The molecule has 18 heteroatoms. The number of nitrogens with one attached hydrogen (secondary N) is 3. The van der Waals surface area contributed by atoms with Crippen molar-refractivity contribution in [2.45, 2.75) is 156 Å². The van der Waals surface area contributed by atoms with Gasteiger partial charge in [0.25, 0.3) is 17.7 Å². The fraction of sp³-hybridized carbons (Fsp3) is 0.375. The average molecular weight is 1240 g/mol. The van der Waals surface area contributed by atoms with E-state index in [-0.39, 0.29) is 114 Å². The minimum atomic E-state index is -2.97. The lowest BCUT2D eigenvalue weighted by Crippen LogP contribution is -2.19. The largest absolute Gasteiger partial charge is 0.502 e. The van der Waals surface area contributed by atoms with E-state index in [9.17, 15) is 0 Å². The predicted octanol–water partition coefficient (Wildman–Crippen LogP) is 17.2. The third-order valence-corrected chi connectivity index (χ3v) is 12.4. The summed E-state index contributed by atoms with van der Waals surface area (Å²) in [6, 6.07) is -18.0. The number of aromatic nitrogens is 6. The topological polar surface area (TPSA) is 194 Å². The fourth-order valence-electron chi connectivity index (χ4n) is 8.63. The molecule has 3 aliphatic rings. The van der Waals surface area contributed by atoms with Crippen LogP contribution < -0.4 is 30.2 Å². The Morgan fingerprint density at radius 3 is 1.17 bits per heavy atom. The summed E-state index contributed by atoms with van der Waals surface area (Å²) in [6.07, 6.45) is -15.1. The van der Waals surface area contributed by atoms with E-state index in [2.05, 4.69) is 60.9 Å². The highest BCUT2D eigenvalue weighted by molar-refractivity contribution is 5.74. The quantitative estimate of drug-likeness (QED) is 0.0575. The number of benzene rings is 6. The number of ether oxygens (including phenoxy) is 3. The first kappa shape index (κ1) is 32.8. The molecule has 0 fully saturated rings. The number of rotatable bonds is 21. The molecule has 462 valence electrons. The van der Waals surface area contributed by atoms with Gasteiger partial charge in [-0.15, -0.1) is 0 Å². The maximum Gasteiger partial charge on any atom is 0.256 e. The summed E-state index contributed by atoms with van der Waals surface area (Å²) >= 11 is 0. The molecule has 0 aliphatic heterocycles. The number of hydrogen-bond donors (Lipinski definition) is 3. The van der Waals surface area contributed by atoms with Crippen molar-refractivity contribution in [3.63, 3.8) is 0 Å². The van der Waals surface area contributed by atoms with Crippen molar-refractivity contribution in [3.05, 3.63) is 176 Å². The Kier molecular flexibility index (Phi) is 10.8.